The smallest absolute Gasteiger partial charge is 0.237 e. The van der Waals surface area contributed by atoms with Gasteiger partial charge in [0, 0.05) is 0 Å². The van der Waals surface area contributed by atoms with Crippen molar-refractivity contribution in [2.75, 3.05) is 0 Å². The third kappa shape index (κ3) is 3.47. The molecule has 0 spiro atoms. The van der Waals surface area contributed by atoms with Crippen molar-refractivity contribution >= 4 is 5.91 Å². The molecule has 0 aromatic heterocycles. The normalized spacial score (nSPS) is 28.9. The number of carbonyl (C=O) groups is 1. The summed E-state index contributed by atoms with van der Waals surface area (Å²) < 4.78 is 0. The van der Waals surface area contributed by atoms with Gasteiger partial charge < -0.3 is 16.2 Å². The minimum absolute atomic E-state index is 0.101. The van der Waals surface area contributed by atoms with Gasteiger partial charge in [0.25, 0.3) is 0 Å². The summed E-state index contributed by atoms with van der Waals surface area (Å²) in [5.41, 5.74) is 5.73. The molecule has 88 valence electrons. The number of amides is 1. The maximum Gasteiger partial charge on any atom is 0.237 e. The zero-order valence-electron chi connectivity index (χ0n) is 9.57. The van der Waals surface area contributed by atoms with Crippen molar-refractivity contribution in [3.05, 3.63) is 0 Å². The van der Waals surface area contributed by atoms with Crippen LogP contribution in [0.4, 0.5) is 0 Å². The van der Waals surface area contributed by atoms with Crippen molar-refractivity contribution in [2.24, 2.45) is 11.7 Å². The highest BCUT2D eigenvalue weighted by Gasteiger charge is 2.27. The first kappa shape index (κ1) is 12.5. The number of carbonyl (C=O) groups excluding carboxylic acids is 1. The van der Waals surface area contributed by atoms with Gasteiger partial charge in [0.15, 0.2) is 0 Å². The lowest BCUT2D eigenvalue weighted by Gasteiger charge is -2.29. The molecule has 1 amide bonds. The SMILES string of the molecule is CC(C)[C@@H](N)C(=O)N[C@@H]1CCCC[C@H]1O. The molecule has 0 aromatic carbocycles. The summed E-state index contributed by atoms with van der Waals surface area (Å²) in [4.78, 5) is 11.7. The highest BCUT2D eigenvalue weighted by Crippen LogP contribution is 2.18. The van der Waals surface area contributed by atoms with Crippen LogP contribution in [0.5, 0.6) is 0 Å². The Hall–Kier alpha value is -0.610. The molecule has 0 aromatic rings. The third-order valence-corrected chi connectivity index (χ3v) is 3.08. The second-order valence-electron chi connectivity index (χ2n) is 4.74. The van der Waals surface area contributed by atoms with Crippen LogP contribution in [0.15, 0.2) is 0 Å². The molecule has 4 heteroatoms. The Labute approximate surface area is 91.2 Å². The zero-order valence-corrected chi connectivity index (χ0v) is 9.57. The Morgan fingerprint density at radius 3 is 2.53 bits per heavy atom. The van der Waals surface area contributed by atoms with Gasteiger partial charge in [0.05, 0.1) is 18.2 Å². The lowest BCUT2D eigenvalue weighted by molar-refractivity contribution is -0.125. The Morgan fingerprint density at radius 1 is 1.40 bits per heavy atom. The van der Waals surface area contributed by atoms with Gasteiger partial charge in [-0.2, -0.15) is 0 Å². The van der Waals surface area contributed by atoms with E-state index in [1.807, 2.05) is 13.8 Å². The van der Waals surface area contributed by atoms with E-state index in [9.17, 15) is 9.90 Å². The quantitative estimate of drug-likeness (QED) is 0.636. The Kier molecular flexibility index (Phi) is 4.54. The second-order valence-corrected chi connectivity index (χ2v) is 4.74. The van der Waals surface area contributed by atoms with Gasteiger partial charge in [-0.15, -0.1) is 0 Å². The summed E-state index contributed by atoms with van der Waals surface area (Å²) in [7, 11) is 0. The Bertz CT molecular complexity index is 219. The fourth-order valence-electron chi connectivity index (χ4n) is 1.86. The van der Waals surface area contributed by atoms with E-state index in [0.717, 1.165) is 25.7 Å². The fourth-order valence-corrected chi connectivity index (χ4v) is 1.86. The van der Waals surface area contributed by atoms with Crippen molar-refractivity contribution in [2.45, 2.75) is 57.7 Å². The van der Waals surface area contributed by atoms with Crippen molar-refractivity contribution < 1.29 is 9.90 Å². The summed E-state index contributed by atoms with van der Waals surface area (Å²) >= 11 is 0. The number of rotatable bonds is 3. The molecule has 1 saturated carbocycles. The number of nitrogens with two attached hydrogens (primary N) is 1. The number of aliphatic hydroxyl groups excluding tert-OH is 1. The van der Waals surface area contributed by atoms with Crippen molar-refractivity contribution in [1.29, 1.82) is 0 Å². The number of nitrogens with one attached hydrogen (secondary N) is 1. The first-order chi connectivity index (χ1) is 7.02. The minimum Gasteiger partial charge on any atom is -0.391 e. The average Bonchev–Trinajstić information content (AvgIpc) is 2.20. The van der Waals surface area contributed by atoms with Gasteiger partial charge in [-0.3, -0.25) is 4.79 Å². The molecule has 1 aliphatic carbocycles. The fraction of sp³-hybridized carbons (Fsp3) is 0.909. The second kappa shape index (κ2) is 5.47. The molecule has 1 aliphatic rings. The maximum absolute atomic E-state index is 11.7. The predicted molar refractivity (Wildman–Crippen MR) is 59.2 cm³/mol. The molecule has 4 N–H and O–H groups in total. The molecule has 0 unspecified atom stereocenters. The highest BCUT2D eigenvalue weighted by molar-refractivity contribution is 5.82. The lowest BCUT2D eigenvalue weighted by atomic mass is 9.92. The van der Waals surface area contributed by atoms with Crippen molar-refractivity contribution in [3.8, 4) is 0 Å². The van der Waals surface area contributed by atoms with E-state index < -0.39 is 12.1 Å². The van der Waals surface area contributed by atoms with E-state index in [4.69, 9.17) is 5.73 Å². The van der Waals surface area contributed by atoms with E-state index in [2.05, 4.69) is 5.32 Å². The van der Waals surface area contributed by atoms with E-state index in [0.29, 0.717) is 0 Å². The van der Waals surface area contributed by atoms with Gasteiger partial charge in [-0.1, -0.05) is 26.7 Å². The Balaban J connectivity index is 2.42. The van der Waals surface area contributed by atoms with Crippen LogP contribution in [0.1, 0.15) is 39.5 Å². The van der Waals surface area contributed by atoms with Crippen LogP contribution in [0, 0.1) is 5.92 Å². The molecule has 0 aliphatic heterocycles. The summed E-state index contributed by atoms with van der Waals surface area (Å²) in [6.45, 7) is 3.84. The molecule has 4 nitrogen and oxygen atoms in total. The summed E-state index contributed by atoms with van der Waals surface area (Å²) in [6.07, 6.45) is 3.35. The monoisotopic (exact) mass is 214 g/mol. The third-order valence-electron chi connectivity index (χ3n) is 3.08. The van der Waals surface area contributed by atoms with E-state index in [-0.39, 0.29) is 17.9 Å². The number of hydrogen-bond acceptors (Lipinski definition) is 3. The van der Waals surface area contributed by atoms with Gasteiger partial charge >= 0.3 is 0 Å². The van der Waals surface area contributed by atoms with Gasteiger partial charge in [-0.05, 0) is 18.8 Å². The van der Waals surface area contributed by atoms with Crippen molar-refractivity contribution in [3.63, 3.8) is 0 Å². The summed E-state index contributed by atoms with van der Waals surface area (Å²) in [5, 5.41) is 12.5. The summed E-state index contributed by atoms with van der Waals surface area (Å²) in [6, 6.07) is -0.574. The molecule has 3 atom stereocenters. The van der Waals surface area contributed by atoms with Crippen LogP contribution in [0.2, 0.25) is 0 Å². The maximum atomic E-state index is 11.7. The number of hydrogen-bond donors (Lipinski definition) is 3. The van der Waals surface area contributed by atoms with Crippen LogP contribution >= 0.6 is 0 Å². The highest BCUT2D eigenvalue weighted by atomic mass is 16.3. The van der Waals surface area contributed by atoms with E-state index >= 15 is 0 Å². The zero-order chi connectivity index (χ0) is 11.4. The molecule has 15 heavy (non-hydrogen) atoms. The molecule has 0 heterocycles. The molecular formula is C11H22N2O2. The predicted octanol–water partition coefficient (Wildman–Crippen LogP) is 0.389. The topological polar surface area (TPSA) is 75.4 Å². The van der Waals surface area contributed by atoms with Crippen molar-refractivity contribution in [1.82, 2.24) is 5.32 Å². The van der Waals surface area contributed by atoms with E-state index in [1.165, 1.54) is 0 Å². The van der Waals surface area contributed by atoms with Crippen LogP contribution in [0.25, 0.3) is 0 Å². The first-order valence-electron chi connectivity index (χ1n) is 5.76. The molecular weight excluding hydrogens is 192 g/mol. The van der Waals surface area contributed by atoms with E-state index in [1.54, 1.807) is 0 Å². The average molecular weight is 214 g/mol. The first-order valence-corrected chi connectivity index (χ1v) is 5.76. The van der Waals surface area contributed by atoms with Crippen LogP contribution < -0.4 is 11.1 Å². The number of aliphatic hydroxyl groups is 1. The lowest BCUT2D eigenvalue weighted by Crippen LogP contribution is -2.52. The molecule has 1 rings (SSSR count). The van der Waals surface area contributed by atoms with Crippen LogP contribution in [0.3, 0.4) is 0 Å². The van der Waals surface area contributed by atoms with Crippen LogP contribution in [-0.4, -0.2) is 29.2 Å². The minimum atomic E-state index is -0.473. The Morgan fingerprint density at radius 2 is 2.00 bits per heavy atom. The van der Waals surface area contributed by atoms with Gasteiger partial charge in [0.1, 0.15) is 0 Å². The molecule has 1 fully saturated rings. The van der Waals surface area contributed by atoms with Crippen LogP contribution in [-0.2, 0) is 4.79 Å². The van der Waals surface area contributed by atoms with Gasteiger partial charge in [-0.25, -0.2) is 0 Å². The molecule has 0 saturated heterocycles. The molecule has 0 radical (unpaired) electrons. The standard InChI is InChI=1S/C11H22N2O2/c1-7(2)10(12)11(15)13-8-5-3-4-6-9(8)14/h7-10,14H,3-6,12H2,1-2H3,(H,13,15)/t8-,9-,10-/m1/s1. The molecule has 0 bridgehead atoms. The summed E-state index contributed by atoms with van der Waals surface area (Å²) in [5.74, 6) is -0.0123. The largest absolute Gasteiger partial charge is 0.391 e. The van der Waals surface area contributed by atoms with Gasteiger partial charge in [0.2, 0.25) is 5.91 Å².